The van der Waals surface area contributed by atoms with E-state index in [0.717, 1.165) is 11.3 Å². The van der Waals surface area contributed by atoms with Crippen LogP contribution in [-0.4, -0.2) is 26.8 Å². The van der Waals surface area contributed by atoms with Crippen LogP contribution in [0.2, 0.25) is 0 Å². The predicted molar refractivity (Wildman–Crippen MR) is 58.8 cm³/mol. The molecule has 2 rings (SSSR count). The van der Waals surface area contributed by atoms with Crippen molar-refractivity contribution in [2.24, 2.45) is 0 Å². The lowest BCUT2D eigenvalue weighted by Crippen LogP contribution is -2.01. The molecule has 1 aromatic heterocycles. The Labute approximate surface area is 96.8 Å². The lowest BCUT2D eigenvalue weighted by Gasteiger charge is -2.01. The molecule has 1 heterocycles. The fourth-order valence-electron chi connectivity index (χ4n) is 1.36. The highest BCUT2D eigenvalue weighted by Crippen LogP contribution is 2.12. The van der Waals surface area contributed by atoms with Gasteiger partial charge in [0.15, 0.2) is 0 Å². The zero-order valence-corrected chi connectivity index (χ0v) is 9.11. The van der Waals surface area contributed by atoms with E-state index >= 15 is 0 Å². The van der Waals surface area contributed by atoms with Crippen LogP contribution in [0.25, 0.3) is 0 Å². The molecule has 0 saturated carbocycles. The number of hydrogen-bond donors (Lipinski definition) is 0. The molecule has 0 spiro atoms. The van der Waals surface area contributed by atoms with Crippen molar-refractivity contribution in [2.75, 3.05) is 7.11 Å². The van der Waals surface area contributed by atoms with Gasteiger partial charge in [-0.1, -0.05) is 17.1 Å². The number of methoxy groups -OCH3 is 1. The van der Waals surface area contributed by atoms with E-state index in [4.69, 9.17) is 4.74 Å². The third-order valence-electron chi connectivity index (χ3n) is 2.19. The monoisotopic (exact) mass is 234 g/mol. The fraction of sp³-hybridized carbons (Fsp3) is 0.200. The van der Waals surface area contributed by atoms with E-state index in [1.165, 1.54) is 11.0 Å². The van der Waals surface area contributed by atoms with Gasteiger partial charge in [-0.15, -0.1) is 0 Å². The van der Waals surface area contributed by atoms with Crippen LogP contribution in [0.5, 0.6) is 5.75 Å². The summed E-state index contributed by atoms with van der Waals surface area (Å²) in [5.74, 6) is 0.372. The van der Waals surface area contributed by atoms with E-state index in [9.17, 15) is 10.1 Å². The molecule has 0 bridgehead atoms. The third kappa shape index (κ3) is 2.57. The molecule has 0 N–H and O–H groups in total. The quantitative estimate of drug-likeness (QED) is 0.587. The topological polar surface area (TPSA) is 83.1 Å². The van der Waals surface area contributed by atoms with Crippen molar-refractivity contribution >= 4 is 5.95 Å². The molecule has 17 heavy (non-hydrogen) atoms. The molecule has 0 aliphatic carbocycles. The zero-order chi connectivity index (χ0) is 12.3. The molecular weight excluding hydrogens is 224 g/mol. The Balaban J connectivity index is 2.11. The maximum Gasteiger partial charge on any atom is 0.490 e. The summed E-state index contributed by atoms with van der Waals surface area (Å²) in [7, 11) is 1.59. The Morgan fingerprint density at radius 3 is 2.65 bits per heavy atom. The maximum atomic E-state index is 10.4. The van der Waals surface area contributed by atoms with Gasteiger partial charge < -0.3 is 14.9 Å². The SMILES string of the molecule is COc1ccc(Cn2cnc([N+](=O)[O-])n2)cc1. The molecule has 0 fully saturated rings. The molecule has 1 aromatic carbocycles. The van der Waals surface area contributed by atoms with Gasteiger partial charge in [0.25, 0.3) is 0 Å². The molecule has 88 valence electrons. The lowest BCUT2D eigenvalue weighted by atomic mass is 10.2. The van der Waals surface area contributed by atoms with Crippen molar-refractivity contribution in [3.05, 3.63) is 46.3 Å². The van der Waals surface area contributed by atoms with Crippen molar-refractivity contribution in [2.45, 2.75) is 6.54 Å². The largest absolute Gasteiger partial charge is 0.497 e. The van der Waals surface area contributed by atoms with Gasteiger partial charge in [0, 0.05) is 5.10 Å². The normalized spacial score (nSPS) is 10.2. The van der Waals surface area contributed by atoms with Crippen LogP contribution in [0, 0.1) is 10.1 Å². The van der Waals surface area contributed by atoms with Crippen LogP contribution in [0.15, 0.2) is 30.6 Å². The second-order valence-corrected chi connectivity index (χ2v) is 3.35. The standard InChI is InChI=1S/C10H10N4O3/c1-17-9-4-2-8(3-5-9)6-13-7-11-10(12-13)14(15)16/h2-5,7H,6H2,1H3. The molecule has 0 radical (unpaired) electrons. The second-order valence-electron chi connectivity index (χ2n) is 3.35. The maximum absolute atomic E-state index is 10.4. The van der Waals surface area contributed by atoms with Crippen molar-refractivity contribution < 1.29 is 9.66 Å². The number of hydrogen-bond acceptors (Lipinski definition) is 5. The number of ether oxygens (including phenoxy) is 1. The Kier molecular flexibility index (Phi) is 2.99. The first kappa shape index (κ1) is 11.1. The number of nitro groups is 1. The van der Waals surface area contributed by atoms with Gasteiger partial charge in [-0.05, 0) is 22.6 Å². The predicted octanol–water partition coefficient (Wildman–Crippen LogP) is 1.24. The van der Waals surface area contributed by atoms with Crippen molar-refractivity contribution in [3.63, 3.8) is 0 Å². The molecule has 7 nitrogen and oxygen atoms in total. The summed E-state index contributed by atoms with van der Waals surface area (Å²) in [6.07, 6.45) is 1.34. The van der Waals surface area contributed by atoms with Gasteiger partial charge in [-0.25, -0.2) is 0 Å². The van der Waals surface area contributed by atoms with Crippen LogP contribution in [0.3, 0.4) is 0 Å². The van der Waals surface area contributed by atoms with E-state index in [0.29, 0.717) is 6.54 Å². The van der Waals surface area contributed by atoms with Crippen LogP contribution < -0.4 is 4.74 Å². The first-order valence-corrected chi connectivity index (χ1v) is 4.86. The Bertz CT molecular complexity index is 521. The summed E-state index contributed by atoms with van der Waals surface area (Å²) in [6.45, 7) is 0.435. The minimum atomic E-state index is -0.621. The number of aromatic nitrogens is 3. The van der Waals surface area contributed by atoms with Gasteiger partial charge in [0.05, 0.1) is 13.7 Å². The number of benzene rings is 1. The van der Waals surface area contributed by atoms with Crippen LogP contribution in [-0.2, 0) is 6.54 Å². The van der Waals surface area contributed by atoms with Gasteiger partial charge >= 0.3 is 5.95 Å². The van der Waals surface area contributed by atoms with Gasteiger partial charge in [0.1, 0.15) is 5.75 Å². The highest BCUT2D eigenvalue weighted by Gasteiger charge is 2.12. The van der Waals surface area contributed by atoms with E-state index in [1.54, 1.807) is 7.11 Å². The van der Waals surface area contributed by atoms with E-state index < -0.39 is 10.9 Å². The molecule has 2 aromatic rings. The lowest BCUT2D eigenvalue weighted by molar-refractivity contribution is -0.394. The zero-order valence-electron chi connectivity index (χ0n) is 9.11. The highest BCUT2D eigenvalue weighted by molar-refractivity contribution is 5.27. The minimum absolute atomic E-state index is 0.390. The van der Waals surface area contributed by atoms with Crippen molar-refractivity contribution in [1.82, 2.24) is 14.8 Å². The first-order chi connectivity index (χ1) is 8.19. The van der Waals surface area contributed by atoms with Crippen LogP contribution in [0.4, 0.5) is 5.95 Å². The summed E-state index contributed by atoms with van der Waals surface area (Å²) in [4.78, 5) is 13.4. The molecule has 7 heteroatoms. The van der Waals surface area contributed by atoms with E-state index in [-0.39, 0.29) is 0 Å². The molecule has 0 atom stereocenters. The Hall–Kier alpha value is -2.44. The summed E-state index contributed by atoms with van der Waals surface area (Å²) < 4.78 is 6.45. The van der Waals surface area contributed by atoms with Crippen LogP contribution in [0.1, 0.15) is 5.56 Å². The Morgan fingerprint density at radius 2 is 2.12 bits per heavy atom. The summed E-state index contributed by atoms with van der Waals surface area (Å²) in [6, 6.07) is 7.38. The number of nitrogens with zero attached hydrogens (tertiary/aromatic N) is 4. The van der Waals surface area contributed by atoms with Crippen molar-refractivity contribution in [1.29, 1.82) is 0 Å². The molecule has 0 aliphatic rings. The molecular formula is C10H10N4O3. The highest BCUT2D eigenvalue weighted by atomic mass is 16.6. The molecule has 0 saturated heterocycles. The van der Waals surface area contributed by atoms with Crippen LogP contribution >= 0.6 is 0 Å². The summed E-state index contributed by atoms with van der Waals surface area (Å²) >= 11 is 0. The second kappa shape index (κ2) is 4.60. The van der Waals surface area contributed by atoms with Gasteiger partial charge in [-0.3, -0.25) is 0 Å². The first-order valence-electron chi connectivity index (χ1n) is 4.86. The summed E-state index contributed by atoms with van der Waals surface area (Å²) in [5.41, 5.74) is 0.964. The smallest absolute Gasteiger partial charge is 0.490 e. The van der Waals surface area contributed by atoms with E-state index in [2.05, 4.69) is 10.1 Å². The fourth-order valence-corrected chi connectivity index (χ4v) is 1.36. The number of rotatable bonds is 4. The summed E-state index contributed by atoms with van der Waals surface area (Å²) in [5, 5.41) is 14.1. The molecule has 0 amide bonds. The molecule has 0 aliphatic heterocycles. The van der Waals surface area contributed by atoms with E-state index in [1.807, 2.05) is 24.3 Å². The average molecular weight is 234 g/mol. The minimum Gasteiger partial charge on any atom is -0.497 e. The average Bonchev–Trinajstić information content (AvgIpc) is 2.79. The molecule has 0 unspecified atom stereocenters. The Morgan fingerprint density at radius 1 is 1.41 bits per heavy atom. The van der Waals surface area contributed by atoms with Gasteiger partial charge in [-0.2, -0.15) is 4.68 Å². The van der Waals surface area contributed by atoms with Gasteiger partial charge in [0.2, 0.25) is 6.33 Å². The third-order valence-corrected chi connectivity index (χ3v) is 2.19. The van der Waals surface area contributed by atoms with Crippen molar-refractivity contribution in [3.8, 4) is 5.75 Å².